The fraction of sp³-hybridized carbons (Fsp3) is 0.250. The molecule has 0 saturated carbocycles. The van der Waals surface area contributed by atoms with Gasteiger partial charge in [0.05, 0.1) is 16.6 Å². The highest BCUT2D eigenvalue weighted by Crippen LogP contribution is 2.42. The van der Waals surface area contributed by atoms with E-state index in [4.69, 9.17) is 0 Å². The number of hydrogen-bond acceptors (Lipinski definition) is 4. The number of aromatic nitrogens is 1. The maximum Gasteiger partial charge on any atom is 0.417 e. The van der Waals surface area contributed by atoms with Gasteiger partial charge < -0.3 is 19.9 Å². The van der Waals surface area contributed by atoms with Crippen LogP contribution in [0, 0.1) is 11.6 Å². The molecule has 2 N–H and O–H groups in total. The largest absolute Gasteiger partial charge is 0.480 e. The first-order valence-electron chi connectivity index (χ1n) is 15.5. The number of benzene rings is 4. The minimum absolute atomic E-state index is 0.0589. The fourth-order valence-corrected chi connectivity index (χ4v) is 6.82. The lowest BCUT2D eigenvalue weighted by molar-refractivity contribution is -0.146. The van der Waals surface area contributed by atoms with Gasteiger partial charge in [0.25, 0.3) is 11.5 Å². The van der Waals surface area contributed by atoms with Crippen LogP contribution in [0.2, 0.25) is 0 Å². The third-order valence-electron chi connectivity index (χ3n) is 9.11. The maximum atomic E-state index is 15.1. The third-order valence-corrected chi connectivity index (χ3v) is 9.11. The Bertz CT molecular complexity index is 2240. The molecule has 0 unspecified atom stereocenters. The van der Waals surface area contributed by atoms with Crippen LogP contribution in [0.25, 0.3) is 32.8 Å². The summed E-state index contributed by atoms with van der Waals surface area (Å²) in [7, 11) is 1.34. The predicted octanol–water partition coefficient (Wildman–Crippen LogP) is 7.61. The highest BCUT2D eigenvalue weighted by molar-refractivity contribution is 6.02. The summed E-state index contributed by atoms with van der Waals surface area (Å²) in [6.45, 7) is -0.130. The molecular weight excluding hydrogens is 690 g/mol. The molecule has 1 aliphatic rings. The minimum Gasteiger partial charge on any atom is -0.480 e. The number of carboxylic acid groups (broad SMARTS) is 1. The number of carbonyl (C=O) groups excluding carboxylic acids is 1. The van der Waals surface area contributed by atoms with Crippen LogP contribution in [0.5, 0.6) is 0 Å². The van der Waals surface area contributed by atoms with E-state index < -0.39 is 82.3 Å². The number of nitrogens with zero attached hydrogens (tertiary/aromatic N) is 2. The molecule has 2 atom stereocenters. The molecule has 0 bridgehead atoms. The second-order valence-corrected chi connectivity index (χ2v) is 12.2. The van der Waals surface area contributed by atoms with Crippen LogP contribution >= 0.6 is 0 Å². The quantitative estimate of drug-likeness (QED) is 0.169. The maximum absolute atomic E-state index is 15.1. The van der Waals surface area contributed by atoms with Crippen molar-refractivity contribution in [3.63, 3.8) is 0 Å². The molecule has 51 heavy (non-hydrogen) atoms. The molecule has 0 aliphatic carbocycles. The predicted molar refractivity (Wildman–Crippen MR) is 173 cm³/mol. The standard InChI is InChI=1S/C36H27F8N3O4/c1-46-27-12-3-2-8-23(27)31(36(42,43)44)29(33(46)49)22-11-5-9-20-18(7-4-10-21(20)22)15-26(34(50)51)45-32(48)30-24(37)16-19(17-25(30)38)47-14-6-13-28(47)35(39,40)41/h2-5,7-12,16-17,26,28H,6,13-15H2,1H3,(H,45,48)(H,50,51)/t26-,28+/m0/s1. The SMILES string of the molecule is Cn1c(=O)c(-c2cccc3c(C[C@H](NC(=O)c4c(F)cc(N5CCC[C@@H]5C(F)(F)F)cc4F)C(=O)O)cccc23)c(C(F)(F)F)c2ccccc21. The van der Waals surface area contributed by atoms with E-state index >= 15 is 8.78 Å². The summed E-state index contributed by atoms with van der Waals surface area (Å²) in [6.07, 6.45) is -10.3. The first kappa shape index (κ1) is 35.4. The Balaban J connectivity index is 1.36. The summed E-state index contributed by atoms with van der Waals surface area (Å²) in [6, 6.07) is 11.4. The Morgan fingerprint density at radius 3 is 2.18 bits per heavy atom. The number of fused-ring (bicyclic) bond motifs is 2. The molecule has 6 rings (SSSR count). The highest BCUT2D eigenvalue weighted by atomic mass is 19.4. The summed E-state index contributed by atoms with van der Waals surface area (Å²) >= 11 is 0. The number of para-hydroxylation sites is 1. The Labute approximate surface area is 283 Å². The molecule has 1 aromatic heterocycles. The zero-order valence-electron chi connectivity index (χ0n) is 26.5. The summed E-state index contributed by atoms with van der Waals surface area (Å²) in [4.78, 5) is 39.7. The lowest BCUT2D eigenvalue weighted by Gasteiger charge is -2.28. The van der Waals surface area contributed by atoms with Crippen LogP contribution in [-0.4, -0.2) is 46.4 Å². The van der Waals surface area contributed by atoms with E-state index in [9.17, 15) is 45.8 Å². The first-order valence-corrected chi connectivity index (χ1v) is 15.5. The van der Waals surface area contributed by atoms with E-state index in [1.807, 2.05) is 5.32 Å². The number of nitrogens with one attached hydrogen (secondary N) is 1. The minimum atomic E-state index is -4.95. The van der Waals surface area contributed by atoms with E-state index in [2.05, 4.69) is 0 Å². The van der Waals surface area contributed by atoms with Gasteiger partial charge in [-0.25, -0.2) is 13.6 Å². The smallest absolute Gasteiger partial charge is 0.417 e. The number of aryl methyl sites for hydroxylation is 1. The third kappa shape index (κ3) is 6.48. The second-order valence-electron chi connectivity index (χ2n) is 12.2. The molecular formula is C36H27F8N3O4. The van der Waals surface area contributed by atoms with Crippen molar-refractivity contribution in [2.24, 2.45) is 7.05 Å². The van der Waals surface area contributed by atoms with Gasteiger partial charge in [-0.2, -0.15) is 26.3 Å². The van der Waals surface area contributed by atoms with Crippen molar-refractivity contribution in [2.45, 2.75) is 43.7 Å². The number of carbonyl (C=O) groups is 2. The molecule has 4 aromatic carbocycles. The Kier molecular flexibility index (Phi) is 9.02. The molecule has 0 spiro atoms. The molecule has 5 aromatic rings. The molecule has 7 nitrogen and oxygen atoms in total. The van der Waals surface area contributed by atoms with E-state index in [-0.39, 0.29) is 52.2 Å². The molecule has 1 amide bonds. The summed E-state index contributed by atoms with van der Waals surface area (Å²) in [5.74, 6) is -6.13. The van der Waals surface area contributed by atoms with E-state index in [0.29, 0.717) is 12.1 Å². The van der Waals surface area contributed by atoms with Gasteiger partial charge in [0.15, 0.2) is 0 Å². The van der Waals surface area contributed by atoms with Crippen LogP contribution in [-0.2, 0) is 24.4 Å². The molecule has 2 heterocycles. The number of hydrogen-bond donors (Lipinski definition) is 2. The lowest BCUT2D eigenvalue weighted by atomic mass is 9.90. The molecule has 0 radical (unpaired) electrons. The monoisotopic (exact) mass is 717 g/mol. The van der Waals surface area contributed by atoms with Crippen molar-refractivity contribution in [1.29, 1.82) is 0 Å². The lowest BCUT2D eigenvalue weighted by Crippen LogP contribution is -2.43. The van der Waals surface area contributed by atoms with Crippen molar-refractivity contribution in [3.05, 3.63) is 111 Å². The molecule has 1 fully saturated rings. The summed E-state index contributed by atoms with van der Waals surface area (Å²) in [5, 5.41) is 12.2. The normalized spacial score (nSPS) is 15.8. The Hall–Kier alpha value is -5.47. The van der Waals surface area contributed by atoms with Gasteiger partial charge in [-0.15, -0.1) is 0 Å². The number of pyridine rings is 1. The number of anilines is 1. The summed E-state index contributed by atoms with van der Waals surface area (Å²) in [5.41, 5.74) is -4.16. The highest BCUT2D eigenvalue weighted by Gasteiger charge is 2.46. The van der Waals surface area contributed by atoms with Crippen LogP contribution in [0.3, 0.4) is 0 Å². The van der Waals surface area contributed by atoms with Gasteiger partial charge in [-0.05, 0) is 52.9 Å². The van der Waals surface area contributed by atoms with E-state index in [1.54, 1.807) is 0 Å². The molecule has 1 saturated heterocycles. The first-order chi connectivity index (χ1) is 24.0. The number of rotatable bonds is 7. The van der Waals surface area contributed by atoms with Gasteiger partial charge in [0.2, 0.25) is 0 Å². The van der Waals surface area contributed by atoms with Crippen LogP contribution in [0.15, 0.2) is 77.6 Å². The number of halogens is 8. The molecule has 266 valence electrons. The second kappa shape index (κ2) is 13.0. The van der Waals surface area contributed by atoms with Gasteiger partial charge >= 0.3 is 18.3 Å². The number of amides is 1. The average molecular weight is 718 g/mol. The van der Waals surface area contributed by atoms with Gasteiger partial charge in [-0.1, -0.05) is 54.6 Å². The van der Waals surface area contributed by atoms with Crippen LogP contribution in [0.1, 0.15) is 34.3 Å². The zero-order valence-corrected chi connectivity index (χ0v) is 26.5. The van der Waals surface area contributed by atoms with Gasteiger partial charge in [-0.3, -0.25) is 9.59 Å². The topological polar surface area (TPSA) is 91.6 Å². The van der Waals surface area contributed by atoms with Gasteiger partial charge in [0, 0.05) is 31.1 Å². The molecule has 1 aliphatic heterocycles. The average Bonchev–Trinajstić information content (AvgIpc) is 3.56. The van der Waals surface area contributed by atoms with Crippen molar-refractivity contribution in [2.75, 3.05) is 11.4 Å². The number of alkyl halides is 6. The number of aliphatic carboxylic acids is 1. The molecule has 15 heteroatoms. The zero-order chi connectivity index (χ0) is 37.0. The van der Waals surface area contributed by atoms with Crippen molar-refractivity contribution < 1.29 is 49.8 Å². The Morgan fingerprint density at radius 2 is 1.53 bits per heavy atom. The van der Waals surface area contributed by atoms with Crippen LogP contribution < -0.4 is 15.8 Å². The van der Waals surface area contributed by atoms with Crippen molar-refractivity contribution in [1.82, 2.24) is 9.88 Å². The van der Waals surface area contributed by atoms with Gasteiger partial charge in [0.1, 0.15) is 29.3 Å². The van der Waals surface area contributed by atoms with E-state index in [1.165, 1.54) is 67.7 Å². The van der Waals surface area contributed by atoms with Crippen molar-refractivity contribution >= 4 is 39.2 Å². The van der Waals surface area contributed by atoms with E-state index in [0.717, 1.165) is 9.47 Å². The number of carboxylic acids is 1. The summed E-state index contributed by atoms with van der Waals surface area (Å²) < 4.78 is 116. The van der Waals surface area contributed by atoms with Crippen LogP contribution in [0.4, 0.5) is 40.8 Å². The Morgan fingerprint density at radius 1 is 0.902 bits per heavy atom. The fourth-order valence-electron chi connectivity index (χ4n) is 6.82. The van der Waals surface area contributed by atoms with Crippen molar-refractivity contribution in [3.8, 4) is 11.1 Å².